The van der Waals surface area contributed by atoms with Crippen LogP contribution in [0.15, 0.2) is 12.1 Å². The highest BCUT2D eigenvalue weighted by atomic mass is 16.2. The van der Waals surface area contributed by atoms with Crippen molar-refractivity contribution in [3.63, 3.8) is 0 Å². The number of ketones is 1. The van der Waals surface area contributed by atoms with E-state index in [0.29, 0.717) is 18.4 Å². The Morgan fingerprint density at radius 2 is 1.78 bits per heavy atom. The maximum absolute atomic E-state index is 13.8. The maximum Gasteiger partial charge on any atom is 0.273 e. The SMILES string of the molecule is CC(=O)NN1Cc2c(N)cc(C(=O)[C@H](CCCNC(=N)N)NC(=O)[C@@H]3CCCN3C(=O)[C@H](CCC(N)=O)NC(=O)CN)cc2C1=O. The van der Waals surface area contributed by atoms with E-state index in [0.717, 1.165) is 5.01 Å². The summed E-state index contributed by atoms with van der Waals surface area (Å²) >= 11 is 0. The van der Waals surface area contributed by atoms with Crippen molar-refractivity contribution < 1.29 is 33.6 Å². The second-order valence-corrected chi connectivity index (χ2v) is 11.1. The van der Waals surface area contributed by atoms with Crippen LogP contribution in [-0.2, 0) is 30.5 Å². The Balaban J connectivity index is 1.84. The number of nitrogens with two attached hydrogens (primary N) is 4. The molecule has 1 saturated heterocycles. The number of hydrogen-bond acceptors (Lipinski definition) is 10. The number of amides is 6. The minimum absolute atomic E-state index is 0.0165. The van der Waals surface area contributed by atoms with Gasteiger partial charge in [0.15, 0.2) is 11.7 Å². The van der Waals surface area contributed by atoms with Crippen molar-refractivity contribution in [3.8, 4) is 0 Å². The normalized spacial score (nSPS) is 16.7. The third-order valence-electron chi connectivity index (χ3n) is 7.61. The Hall–Kier alpha value is -5.26. The number of hydrazine groups is 1. The predicted molar refractivity (Wildman–Crippen MR) is 164 cm³/mol. The molecule has 1 aromatic carbocycles. The fourth-order valence-corrected chi connectivity index (χ4v) is 5.43. The van der Waals surface area contributed by atoms with Gasteiger partial charge in [0.25, 0.3) is 5.91 Å². The molecule has 0 aromatic heterocycles. The average Bonchev–Trinajstić information content (AvgIpc) is 3.61. The Morgan fingerprint density at radius 3 is 2.41 bits per heavy atom. The van der Waals surface area contributed by atoms with Gasteiger partial charge >= 0.3 is 0 Å². The van der Waals surface area contributed by atoms with Gasteiger partial charge in [0.2, 0.25) is 29.5 Å². The summed E-state index contributed by atoms with van der Waals surface area (Å²) < 4.78 is 0. The van der Waals surface area contributed by atoms with Crippen LogP contribution in [0, 0.1) is 5.41 Å². The topological polar surface area (TPSA) is 302 Å². The molecule has 2 heterocycles. The number of Topliss-reactive ketones (excluding diaryl/α,β-unsaturated/α-hetero) is 1. The molecule has 2 aliphatic heterocycles. The number of nitrogens with one attached hydrogen (secondary N) is 5. The number of benzene rings is 1. The molecule has 18 nitrogen and oxygen atoms in total. The summed E-state index contributed by atoms with van der Waals surface area (Å²) in [6.45, 7) is 1.29. The minimum Gasteiger partial charge on any atom is -0.398 e. The number of guanidine groups is 1. The lowest BCUT2D eigenvalue weighted by atomic mass is 9.95. The molecule has 18 heteroatoms. The minimum atomic E-state index is -1.14. The van der Waals surface area contributed by atoms with Crippen LogP contribution in [0.3, 0.4) is 0 Å². The third-order valence-corrected chi connectivity index (χ3v) is 7.61. The monoisotopic (exact) mass is 643 g/mol. The fourth-order valence-electron chi connectivity index (χ4n) is 5.43. The van der Waals surface area contributed by atoms with Crippen molar-refractivity contribution in [3.05, 3.63) is 28.8 Å². The maximum atomic E-state index is 13.8. The van der Waals surface area contributed by atoms with Crippen molar-refractivity contribution in [2.24, 2.45) is 17.2 Å². The lowest BCUT2D eigenvalue weighted by Gasteiger charge is -2.30. The van der Waals surface area contributed by atoms with Gasteiger partial charge in [-0.2, -0.15) is 0 Å². The average molecular weight is 644 g/mol. The van der Waals surface area contributed by atoms with Crippen LogP contribution in [0.5, 0.6) is 0 Å². The Morgan fingerprint density at radius 1 is 1.07 bits per heavy atom. The molecule has 3 atom stereocenters. The first kappa shape index (κ1) is 35.2. The van der Waals surface area contributed by atoms with Crippen molar-refractivity contribution >= 4 is 52.9 Å². The lowest BCUT2D eigenvalue weighted by molar-refractivity contribution is -0.141. The summed E-state index contributed by atoms with van der Waals surface area (Å²) in [5.41, 5.74) is 25.4. The van der Waals surface area contributed by atoms with E-state index in [9.17, 15) is 33.6 Å². The fraction of sp³-hybridized carbons (Fsp3) is 0.500. The highest BCUT2D eigenvalue weighted by Crippen LogP contribution is 2.29. The van der Waals surface area contributed by atoms with Crippen LogP contribution in [0.25, 0.3) is 0 Å². The van der Waals surface area contributed by atoms with E-state index in [4.69, 9.17) is 28.3 Å². The van der Waals surface area contributed by atoms with Crippen LogP contribution in [0.4, 0.5) is 5.69 Å². The lowest BCUT2D eigenvalue weighted by Crippen LogP contribution is -2.56. The number of carbonyl (C=O) groups is 7. The Kier molecular flexibility index (Phi) is 12.0. The van der Waals surface area contributed by atoms with Crippen molar-refractivity contribution in [1.29, 1.82) is 5.41 Å². The van der Waals surface area contributed by atoms with Crippen LogP contribution < -0.4 is 44.3 Å². The highest BCUT2D eigenvalue weighted by Gasteiger charge is 2.39. The van der Waals surface area contributed by atoms with Gasteiger partial charge < -0.3 is 43.8 Å². The van der Waals surface area contributed by atoms with E-state index in [1.807, 2.05) is 0 Å². The molecule has 0 spiro atoms. The molecular weight excluding hydrogens is 602 g/mol. The van der Waals surface area contributed by atoms with Crippen LogP contribution in [0.2, 0.25) is 0 Å². The van der Waals surface area contributed by atoms with Crippen LogP contribution >= 0.6 is 0 Å². The number of nitrogens with zero attached hydrogens (tertiary/aromatic N) is 2. The number of carbonyl (C=O) groups excluding carboxylic acids is 7. The number of rotatable bonds is 15. The molecule has 0 unspecified atom stereocenters. The summed E-state index contributed by atoms with van der Waals surface area (Å²) in [6.07, 6.45) is 0.865. The number of nitrogen functional groups attached to an aromatic ring is 1. The van der Waals surface area contributed by atoms with E-state index in [1.54, 1.807) is 0 Å². The molecule has 0 bridgehead atoms. The number of fused-ring (bicyclic) bond motifs is 1. The van der Waals surface area contributed by atoms with Crippen LogP contribution in [-0.4, -0.2) is 94.9 Å². The first-order valence-corrected chi connectivity index (χ1v) is 14.8. The summed E-state index contributed by atoms with van der Waals surface area (Å²) in [5, 5.41) is 16.3. The Labute approximate surface area is 264 Å². The van der Waals surface area contributed by atoms with E-state index in [1.165, 1.54) is 24.0 Å². The predicted octanol–water partition coefficient (Wildman–Crippen LogP) is -3.09. The second-order valence-electron chi connectivity index (χ2n) is 11.1. The molecule has 46 heavy (non-hydrogen) atoms. The van der Waals surface area contributed by atoms with Gasteiger partial charge in [0, 0.05) is 48.8 Å². The first-order valence-electron chi connectivity index (χ1n) is 14.8. The standard InChI is InChI=1S/C28H41N11O7/c1-14(40)37-39-13-17-16(26(39)45)10-15(11-18(17)30)24(43)19(4-2-8-34-28(32)33)36-25(44)21-5-3-9-38(21)27(46)20(6-7-22(31)41)35-23(42)12-29/h10-11,19-21H,2-9,12-13,29-30H2,1H3,(H2,31,41)(H,35,42)(H,36,44)(H,37,40)(H4,32,33,34)/t19-,20-,21-/m0/s1. The Bertz CT molecular complexity index is 1420. The number of primary amides is 1. The van der Waals surface area contributed by atoms with Gasteiger partial charge in [-0.05, 0) is 44.2 Å². The quantitative estimate of drug-likeness (QED) is 0.0303. The van der Waals surface area contributed by atoms with E-state index >= 15 is 0 Å². The molecule has 250 valence electrons. The molecule has 13 N–H and O–H groups in total. The molecule has 2 aliphatic rings. The smallest absolute Gasteiger partial charge is 0.273 e. The molecule has 0 saturated carbocycles. The van der Waals surface area contributed by atoms with Crippen LogP contribution in [0.1, 0.15) is 71.7 Å². The van der Waals surface area contributed by atoms with E-state index in [2.05, 4.69) is 21.4 Å². The second kappa shape index (κ2) is 15.6. The van der Waals surface area contributed by atoms with Gasteiger partial charge in [-0.1, -0.05) is 0 Å². The van der Waals surface area contributed by atoms with Gasteiger partial charge in [0.1, 0.15) is 12.1 Å². The number of hydrogen-bond donors (Lipinski definition) is 9. The van der Waals surface area contributed by atoms with Crippen molar-refractivity contribution in [1.82, 2.24) is 31.3 Å². The molecular formula is C28H41N11O7. The van der Waals surface area contributed by atoms with E-state index in [-0.39, 0.29) is 68.1 Å². The highest BCUT2D eigenvalue weighted by molar-refractivity contribution is 6.07. The van der Waals surface area contributed by atoms with Gasteiger partial charge in [-0.15, -0.1) is 0 Å². The number of likely N-dealkylation sites (tertiary alicyclic amines) is 1. The molecule has 6 amide bonds. The summed E-state index contributed by atoms with van der Waals surface area (Å²) in [5.74, 6) is -4.35. The third kappa shape index (κ3) is 8.90. The van der Waals surface area contributed by atoms with Gasteiger partial charge in [-0.25, -0.2) is 5.01 Å². The summed E-state index contributed by atoms with van der Waals surface area (Å²) in [7, 11) is 0. The first-order chi connectivity index (χ1) is 21.7. The molecule has 0 aliphatic carbocycles. The van der Waals surface area contributed by atoms with Crippen molar-refractivity contribution in [2.45, 2.75) is 70.1 Å². The number of anilines is 1. The zero-order valence-electron chi connectivity index (χ0n) is 25.5. The molecule has 1 aromatic rings. The summed E-state index contributed by atoms with van der Waals surface area (Å²) in [6, 6.07) is -0.493. The molecule has 3 rings (SSSR count). The van der Waals surface area contributed by atoms with Gasteiger partial charge in [-0.3, -0.25) is 44.4 Å². The van der Waals surface area contributed by atoms with E-state index < -0.39 is 65.9 Å². The zero-order valence-corrected chi connectivity index (χ0v) is 25.5. The summed E-state index contributed by atoms with van der Waals surface area (Å²) in [4.78, 5) is 90.0. The van der Waals surface area contributed by atoms with Gasteiger partial charge in [0.05, 0.1) is 19.1 Å². The molecule has 1 fully saturated rings. The van der Waals surface area contributed by atoms with Crippen molar-refractivity contribution in [2.75, 3.05) is 25.4 Å². The molecule has 0 radical (unpaired) electrons. The largest absolute Gasteiger partial charge is 0.398 e. The zero-order chi connectivity index (χ0) is 34.1.